The van der Waals surface area contributed by atoms with Gasteiger partial charge in [-0.25, -0.2) is 15.0 Å². The van der Waals surface area contributed by atoms with Gasteiger partial charge < -0.3 is 8.98 Å². The Hall–Kier alpha value is -8.15. The van der Waals surface area contributed by atoms with Crippen molar-refractivity contribution < 1.29 is 4.42 Å². The topological polar surface area (TPSA) is 56.7 Å². The quantitative estimate of drug-likeness (QED) is 0.169. The van der Waals surface area contributed by atoms with Crippen LogP contribution in [0.1, 0.15) is 0 Å². The number of furan rings is 1. The molecule has 12 aromatic rings. The first-order chi connectivity index (χ1) is 29.7. The monoisotopic (exact) mass is 766 g/mol. The van der Waals surface area contributed by atoms with E-state index in [4.69, 9.17) is 19.4 Å². The molecule has 0 spiro atoms. The average Bonchev–Trinajstić information content (AvgIpc) is 3.88. The molecule has 0 amide bonds. The number of fused-ring (bicyclic) bond motifs is 8. The van der Waals surface area contributed by atoms with E-state index in [2.05, 4.69) is 174 Å². The van der Waals surface area contributed by atoms with E-state index in [1.807, 2.05) is 36.4 Å². The summed E-state index contributed by atoms with van der Waals surface area (Å²) in [7, 11) is 0. The van der Waals surface area contributed by atoms with Crippen molar-refractivity contribution in [3.63, 3.8) is 0 Å². The van der Waals surface area contributed by atoms with E-state index >= 15 is 0 Å². The lowest BCUT2D eigenvalue weighted by atomic mass is 9.98. The highest BCUT2D eigenvalue weighted by Gasteiger charge is 2.19. The molecule has 0 bridgehead atoms. The third kappa shape index (κ3) is 5.59. The Morgan fingerprint density at radius 3 is 1.68 bits per heavy atom. The third-order valence-electron chi connectivity index (χ3n) is 11.6. The summed E-state index contributed by atoms with van der Waals surface area (Å²) < 4.78 is 8.81. The molecular weight excluding hydrogens is 733 g/mol. The van der Waals surface area contributed by atoms with Crippen LogP contribution in [0.4, 0.5) is 0 Å². The van der Waals surface area contributed by atoms with Crippen LogP contribution in [0.2, 0.25) is 0 Å². The summed E-state index contributed by atoms with van der Waals surface area (Å²) in [5.74, 6) is 0.669. The van der Waals surface area contributed by atoms with E-state index in [0.717, 1.165) is 89.0 Å². The molecule has 280 valence electrons. The number of rotatable bonds is 6. The molecule has 0 fully saturated rings. The first-order valence-electron chi connectivity index (χ1n) is 20.2. The summed E-state index contributed by atoms with van der Waals surface area (Å²) in [6.45, 7) is 0. The fourth-order valence-electron chi connectivity index (χ4n) is 8.76. The van der Waals surface area contributed by atoms with E-state index in [1.165, 1.54) is 21.8 Å². The molecule has 4 heterocycles. The molecule has 0 aliphatic carbocycles. The van der Waals surface area contributed by atoms with Gasteiger partial charge in [-0.1, -0.05) is 164 Å². The maximum atomic E-state index is 6.47. The minimum Gasteiger partial charge on any atom is -0.454 e. The first kappa shape index (κ1) is 33.9. The summed E-state index contributed by atoms with van der Waals surface area (Å²) in [6.07, 6.45) is 0. The molecule has 0 atom stereocenters. The van der Waals surface area contributed by atoms with Gasteiger partial charge in [0.05, 0.1) is 27.9 Å². The van der Waals surface area contributed by atoms with Crippen LogP contribution in [0.15, 0.2) is 211 Å². The predicted molar refractivity (Wildman–Crippen MR) is 246 cm³/mol. The van der Waals surface area contributed by atoms with Gasteiger partial charge in [0.15, 0.2) is 11.4 Å². The smallest absolute Gasteiger partial charge is 0.162 e. The molecule has 0 N–H and O–H groups in total. The van der Waals surface area contributed by atoms with Gasteiger partial charge >= 0.3 is 0 Å². The van der Waals surface area contributed by atoms with Gasteiger partial charge in [-0.2, -0.15) is 0 Å². The van der Waals surface area contributed by atoms with Crippen molar-refractivity contribution in [2.24, 2.45) is 0 Å². The van der Waals surface area contributed by atoms with Gasteiger partial charge in [0.25, 0.3) is 0 Å². The number of hydrogen-bond acceptors (Lipinski definition) is 4. The molecule has 8 aromatic carbocycles. The normalized spacial score (nSPS) is 11.7. The molecule has 0 aliphatic rings. The van der Waals surface area contributed by atoms with Gasteiger partial charge in [0.1, 0.15) is 11.3 Å². The molecule has 0 aliphatic heterocycles. The number of benzene rings is 8. The molecule has 12 rings (SSSR count). The fraction of sp³-hybridized carbons (Fsp3) is 0. The van der Waals surface area contributed by atoms with Crippen LogP contribution in [0.25, 0.3) is 117 Å². The number of aromatic nitrogens is 4. The van der Waals surface area contributed by atoms with Crippen molar-refractivity contribution in [3.8, 4) is 62.0 Å². The number of para-hydroxylation sites is 3. The largest absolute Gasteiger partial charge is 0.454 e. The second-order valence-electron chi connectivity index (χ2n) is 15.2. The van der Waals surface area contributed by atoms with Gasteiger partial charge in [0, 0.05) is 54.9 Å². The standard InChI is InChI=1S/C55H34N4O/c1-3-14-36(15-4-1)46-34-47(40-18-13-19-41(32-40)59-49-23-10-7-20-42(49)43-21-8-11-24-50(43)59)58-55(57-46)38-28-26-35(27-29-38)39-30-31-44-48(33-39)56-53(37-16-5-2-6-17-37)54-52(44)45-22-9-12-25-51(45)60-54/h1-34H. The molecule has 0 saturated heterocycles. The summed E-state index contributed by atoms with van der Waals surface area (Å²) in [4.78, 5) is 15.6. The Morgan fingerprint density at radius 1 is 0.367 bits per heavy atom. The van der Waals surface area contributed by atoms with Crippen LogP contribution >= 0.6 is 0 Å². The van der Waals surface area contributed by atoms with Crippen molar-refractivity contribution in [1.82, 2.24) is 19.5 Å². The van der Waals surface area contributed by atoms with E-state index in [0.29, 0.717) is 5.82 Å². The minimum atomic E-state index is 0.669. The average molecular weight is 767 g/mol. The SMILES string of the molecule is c1ccc(-c2cc(-c3cccc(-n4c5ccccc5c5ccccc54)c3)nc(-c3ccc(-c4ccc5c(c4)nc(-c4ccccc4)c4oc6ccccc6c45)cc3)n2)cc1. The minimum absolute atomic E-state index is 0.669. The molecular formula is C55H34N4O. The lowest BCUT2D eigenvalue weighted by Gasteiger charge is -2.12. The zero-order chi connectivity index (χ0) is 39.6. The molecule has 0 saturated carbocycles. The van der Waals surface area contributed by atoms with Crippen LogP contribution in [-0.2, 0) is 0 Å². The summed E-state index contributed by atoms with van der Waals surface area (Å²) >= 11 is 0. The molecule has 0 unspecified atom stereocenters. The van der Waals surface area contributed by atoms with Crippen LogP contribution in [0, 0.1) is 0 Å². The van der Waals surface area contributed by atoms with Crippen molar-refractivity contribution in [1.29, 1.82) is 0 Å². The highest BCUT2D eigenvalue weighted by atomic mass is 16.3. The van der Waals surface area contributed by atoms with Crippen LogP contribution < -0.4 is 0 Å². The van der Waals surface area contributed by atoms with Crippen LogP contribution in [0.5, 0.6) is 0 Å². The van der Waals surface area contributed by atoms with Gasteiger partial charge in [-0.05, 0) is 53.6 Å². The molecule has 0 radical (unpaired) electrons. The Labute approximate surface area is 345 Å². The van der Waals surface area contributed by atoms with E-state index in [-0.39, 0.29) is 0 Å². The van der Waals surface area contributed by atoms with Gasteiger partial charge in [-0.3, -0.25) is 0 Å². The number of hydrogen-bond donors (Lipinski definition) is 0. The Morgan fingerprint density at radius 2 is 0.950 bits per heavy atom. The van der Waals surface area contributed by atoms with Crippen molar-refractivity contribution in [2.45, 2.75) is 0 Å². The highest BCUT2D eigenvalue weighted by Crippen LogP contribution is 2.41. The van der Waals surface area contributed by atoms with E-state index < -0.39 is 0 Å². The summed E-state index contributed by atoms with van der Waals surface area (Å²) in [5, 5.41) is 5.71. The van der Waals surface area contributed by atoms with E-state index in [9.17, 15) is 0 Å². The molecule has 4 aromatic heterocycles. The summed E-state index contributed by atoms with van der Waals surface area (Å²) in [6, 6.07) is 71.9. The van der Waals surface area contributed by atoms with Crippen molar-refractivity contribution >= 4 is 54.6 Å². The Balaban J connectivity index is 0.958. The lowest BCUT2D eigenvalue weighted by molar-refractivity contribution is 0.669. The zero-order valence-electron chi connectivity index (χ0n) is 32.3. The Kier molecular flexibility index (Phi) is 7.78. The van der Waals surface area contributed by atoms with E-state index in [1.54, 1.807) is 0 Å². The maximum absolute atomic E-state index is 6.47. The fourth-order valence-corrected chi connectivity index (χ4v) is 8.76. The van der Waals surface area contributed by atoms with Crippen molar-refractivity contribution in [2.75, 3.05) is 0 Å². The van der Waals surface area contributed by atoms with Gasteiger partial charge in [0.2, 0.25) is 0 Å². The van der Waals surface area contributed by atoms with Gasteiger partial charge in [-0.15, -0.1) is 0 Å². The second kappa shape index (κ2) is 13.8. The predicted octanol–water partition coefficient (Wildman–Crippen LogP) is 14.4. The lowest BCUT2D eigenvalue weighted by Crippen LogP contribution is -1.98. The number of nitrogens with zero attached hydrogens (tertiary/aromatic N) is 4. The Bertz CT molecular complexity index is 3530. The summed E-state index contributed by atoms with van der Waals surface area (Å²) in [5.41, 5.74) is 14.8. The van der Waals surface area contributed by atoms with Crippen molar-refractivity contribution in [3.05, 3.63) is 206 Å². The first-order valence-corrected chi connectivity index (χ1v) is 20.2. The zero-order valence-corrected chi connectivity index (χ0v) is 32.3. The molecule has 5 nitrogen and oxygen atoms in total. The number of pyridine rings is 1. The van der Waals surface area contributed by atoms with Crippen LogP contribution in [-0.4, -0.2) is 19.5 Å². The van der Waals surface area contributed by atoms with Crippen LogP contribution in [0.3, 0.4) is 0 Å². The molecule has 5 heteroatoms. The highest BCUT2D eigenvalue weighted by molar-refractivity contribution is 6.21. The second-order valence-corrected chi connectivity index (χ2v) is 15.2. The third-order valence-corrected chi connectivity index (χ3v) is 11.6. The maximum Gasteiger partial charge on any atom is 0.162 e. The molecule has 60 heavy (non-hydrogen) atoms.